The van der Waals surface area contributed by atoms with Gasteiger partial charge in [-0.3, -0.25) is 4.79 Å². The Bertz CT molecular complexity index is 759. The highest BCUT2D eigenvalue weighted by Crippen LogP contribution is 2.40. The average molecular weight is 416 g/mol. The second-order valence-corrected chi connectivity index (χ2v) is 8.70. The predicted molar refractivity (Wildman–Crippen MR) is 105 cm³/mol. The number of alkyl halides is 3. The van der Waals surface area contributed by atoms with E-state index in [4.69, 9.17) is 14.0 Å². The van der Waals surface area contributed by atoms with E-state index >= 15 is 0 Å². The fourth-order valence-corrected chi connectivity index (χ4v) is 3.20. The van der Waals surface area contributed by atoms with Crippen LogP contribution in [0.3, 0.4) is 0 Å². The third-order valence-electron chi connectivity index (χ3n) is 4.88. The maximum Gasteiger partial charge on any atom is 0.491 e. The van der Waals surface area contributed by atoms with Crippen LogP contribution >= 0.6 is 11.8 Å². The van der Waals surface area contributed by atoms with Crippen LogP contribution in [0, 0.1) is 0 Å². The largest absolute Gasteiger partial charge is 0.496 e. The molecule has 1 saturated heterocycles. The van der Waals surface area contributed by atoms with E-state index in [-0.39, 0.29) is 16.6 Å². The van der Waals surface area contributed by atoms with E-state index < -0.39 is 30.1 Å². The molecule has 0 unspecified atom stereocenters. The van der Waals surface area contributed by atoms with E-state index in [1.54, 1.807) is 6.08 Å². The molecule has 0 N–H and O–H groups in total. The molecule has 1 aromatic rings. The summed E-state index contributed by atoms with van der Waals surface area (Å²) in [4.78, 5) is 11.4. The van der Waals surface area contributed by atoms with Crippen LogP contribution in [-0.4, -0.2) is 36.3 Å². The van der Waals surface area contributed by atoms with Gasteiger partial charge in [-0.25, -0.2) is 0 Å². The van der Waals surface area contributed by atoms with Gasteiger partial charge >= 0.3 is 13.3 Å². The maximum absolute atomic E-state index is 13.3. The second kappa shape index (κ2) is 8.12. The Balaban J connectivity index is 2.44. The van der Waals surface area contributed by atoms with Crippen LogP contribution in [0.1, 0.15) is 45.7 Å². The van der Waals surface area contributed by atoms with E-state index in [0.717, 1.165) is 17.8 Å². The molecule has 1 aromatic carbocycles. The van der Waals surface area contributed by atoms with Gasteiger partial charge in [0.1, 0.15) is 5.75 Å². The van der Waals surface area contributed by atoms with Crippen LogP contribution in [0.5, 0.6) is 5.75 Å². The number of thioether (sulfide) groups is 1. The number of hydrogen-bond acceptors (Lipinski definition) is 5. The van der Waals surface area contributed by atoms with Gasteiger partial charge in [0, 0.05) is 12.7 Å². The van der Waals surface area contributed by atoms with Crippen molar-refractivity contribution in [2.45, 2.75) is 52.0 Å². The lowest BCUT2D eigenvalue weighted by molar-refractivity contribution is -0.138. The van der Waals surface area contributed by atoms with Crippen LogP contribution < -0.4 is 4.74 Å². The van der Waals surface area contributed by atoms with Crippen molar-refractivity contribution in [1.29, 1.82) is 0 Å². The van der Waals surface area contributed by atoms with E-state index in [0.29, 0.717) is 11.0 Å². The first-order valence-corrected chi connectivity index (χ1v) is 9.70. The minimum absolute atomic E-state index is 0.104. The topological polar surface area (TPSA) is 44.8 Å². The molecular formula is C19H24BF3O4S. The molecule has 0 atom stereocenters. The Morgan fingerprint density at radius 2 is 1.79 bits per heavy atom. The van der Waals surface area contributed by atoms with E-state index in [1.165, 1.54) is 26.2 Å². The van der Waals surface area contributed by atoms with Crippen LogP contribution in [0.4, 0.5) is 13.2 Å². The van der Waals surface area contributed by atoms with E-state index in [1.807, 2.05) is 27.7 Å². The zero-order valence-corrected chi connectivity index (χ0v) is 17.6. The van der Waals surface area contributed by atoms with Gasteiger partial charge in [-0.1, -0.05) is 23.9 Å². The summed E-state index contributed by atoms with van der Waals surface area (Å²) in [5, 5.41) is -0.104. The monoisotopic (exact) mass is 416 g/mol. The van der Waals surface area contributed by atoms with Crippen molar-refractivity contribution in [2.24, 2.45) is 0 Å². The van der Waals surface area contributed by atoms with Gasteiger partial charge in [0.05, 0.1) is 23.9 Å². The van der Waals surface area contributed by atoms with Crippen molar-refractivity contribution in [1.82, 2.24) is 0 Å². The number of rotatable bonds is 5. The van der Waals surface area contributed by atoms with Gasteiger partial charge in [-0.2, -0.15) is 13.2 Å². The summed E-state index contributed by atoms with van der Waals surface area (Å²) in [6.45, 7) is 8.98. The van der Waals surface area contributed by atoms with Crippen LogP contribution in [0.25, 0.3) is 6.08 Å². The number of halogens is 3. The minimum atomic E-state index is -4.55. The number of ether oxygens (including phenoxy) is 1. The Hall–Kier alpha value is -1.45. The molecule has 0 aliphatic carbocycles. The number of methoxy groups -OCH3 is 1. The lowest BCUT2D eigenvalue weighted by atomic mass is 9.78. The van der Waals surface area contributed by atoms with Crippen molar-refractivity contribution in [2.75, 3.05) is 12.9 Å². The fourth-order valence-electron chi connectivity index (χ4n) is 2.61. The third kappa shape index (κ3) is 5.13. The van der Waals surface area contributed by atoms with Crippen LogP contribution in [0.15, 0.2) is 23.7 Å². The molecule has 1 heterocycles. The normalized spacial score (nSPS) is 19.0. The Labute approximate surface area is 167 Å². The molecular weight excluding hydrogens is 392 g/mol. The summed E-state index contributed by atoms with van der Waals surface area (Å²) in [5.74, 6) is -0.000508. The van der Waals surface area contributed by atoms with E-state index in [9.17, 15) is 18.0 Å². The molecule has 0 aromatic heterocycles. The Kier molecular flexibility index (Phi) is 6.63. The molecule has 0 bridgehead atoms. The standard InChI is InChI=1S/C19H24BF3O4S/c1-12(24)28-11-14(20-26-17(2,3)18(4,5)27-20)9-13-7-8-16(25-6)15(10-13)19(21,22)23/h7-10H,11H2,1-6H3. The first-order chi connectivity index (χ1) is 12.8. The Morgan fingerprint density at radius 3 is 2.25 bits per heavy atom. The molecule has 1 aliphatic rings. The first kappa shape index (κ1) is 22.8. The molecule has 0 saturated carbocycles. The average Bonchev–Trinajstić information content (AvgIpc) is 2.78. The van der Waals surface area contributed by atoms with Crippen molar-refractivity contribution in [3.8, 4) is 5.75 Å². The molecule has 0 amide bonds. The third-order valence-corrected chi connectivity index (χ3v) is 5.76. The van der Waals surface area contributed by atoms with Crippen LogP contribution in [0.2, 0.25) is 0 Å². The summed E-state index contributed by atoms with van der Waals surface area (Å²) in [6, 6.07) is 3.81. The highest BCUT2D eigenvalue weighted by atomic mass is 32.2. The molecule has 1 aliphatic heterocycles. The number of benzene rings is 1. The number of carbonyl (C=O) groups is 1. The van der Waals surface area contributed by atoms with Crippen molar-refractivity contribution in [3.63, 3.8) is 0 Å². The zero-order chi connectivity index (χ0) is 21.3. The summed E-state index contributed by atoms with van der Waals surface area (Å²) in [5.41, 5.74) is -1.17. The predicted octanol–water partition coefficient (Wildman–Crippen LogP) is 5.01. The maximum atomic E-state index is 13.3. The minimum Gasteiger partial charge on any atom is -0.496 e. The zero-order valence-electron chi connectivity index (χ0n) is 16.8. The van der Waals surface area contributed by atoms with Crippen molar-refractivity contribution >= 4 is 30.1 Å². The van der Waals surface area contributed by atoms with Gasteiger partial charge in [-0.15, -0.1) is 0 Å². The molecule has 0 radical (unpaired) electrons. The SMILES string of the molecule is COc1ccc(C=C(CSC(C)=O)B2OC(C)(C)C(C)(C)O2)cc1C(F)(F)F. The number of carbonyl (C=O) groups excluding carboxylic acids is 1. The summed E-state index contributed by atoms with van der Waals surface area (Å²) in [6.07, 6.45) is -2.97. The molecule has 1 fully saturated rings. The quantitative estimate of drug-likeness (QED) is 0.632. The molecule has 154 valence electrons. The number of hydrogen-bond donors (Lipinski definition) is 0. The molecule has 9 heteroatoms. The van der Waals surface area contributed by atoms with Crippen molar-refractivity contribution in [3.05, 3.63) is 34.8 Å². The molecule has 28 heavy (non-hydrogen) atoms. The summed E-state index contributed by atoms with van der Waals surface area (Å²) < 4.78 is 56.8. The van der Waals surface area contributed by atoms with Gasteiger partial charge in [-0.05, 0) is 50.9 Å². The second-order valence-electron chi connectivity index (χ2n) is 7.55. The molecule has 0 spiro atoms. The lowest BCUT2D eigenvalue weighted by Crippen LogP contribution is -2.41. The van der Waals surface area contributed by atoms with E-state index in [2.05, 4.69) is 0 Å². The van der Waals surface area contributed by atoms with Gasteiger partial charge in [0.2, 0.25) is 0 Å². The molecule has 2 rings (SSSR count). The smallest absolute Gasteiger partial charge is 0.491 e. The first-order valence-electron chi connectivity index (χ1n) is 8.71. The molecule has 4 nitrogen and oxygen atoms in total. The highest BCUT2D eigenvalue weighted by molar-refractivity contribution is 8.13. The lowest BCUT2D eigenvalue weighted by Gasteiger charge is -2.32. The van der Waals surface area contributed by atoms with Crippen molar-refractivity contribution < 1.29 is 32.0 Å². The van der Waals surface area contributed by atoms with Crippen LogP contribution in [-0.2, 0) is 20.3 Å². The highest BCUT2D eigenvalue weighted by Gasteiger charge is 2.52. The van der Waals surface area contributed by atoms with Gasteiger partial charge in [0.25, 0.3) is 0 Å². The Morgan fingerprint density at radius 1 is 1.21 bits per heavy atom. The summed E-state index contributed by atoms with van der Waals surface area (Å²) >= 11 is 1.05. The van der Waals surface area contributed by atoms with Gasteiger partial charge < -0.3 is 14.0 Å². The summed E-state index contributed by atoms with van der Waals surface area (Å²) in [7, 11) is 0.438. The van der Waals surface area contributed by atoms with Gasteiger partial charge in [0.15, 0.2) is 5.12 Å². The fraction of sp³-hybridized carbons (Fsp3) is 0.526.